The van der Waals surface area contributed by atoms with Gasteiger partial charge in [-0.05, 0) is 30.7 Å². The monoisotopic (exact) mass is 309 g/mol. The largest absolute Gasteiger partial charge is 0.480 e. The molecule has 3 aromatic rings. The fourth-order valence-corrected chi connectivity index (χ4v) is 2.76. The number of benzene rings is 2. The van der Waals surface area contributed by atoms with Crippen LogP contribution in [-0.2, 0) is 17.9 Å². The molecule has 0 amide bonds. The predicted octanol–water partition coefficient (Wildman–Crippen LogP) is 3.07. The van der Waals surface area contributed by atoms with Crippen LogP contribution in [0.25, 0.3) is 11.0 Å². The topological polar surface area (TPSA) is 58.4 Å². The van der Waals surface area contributed by atoms with Gasteiger partial charge in [0.2, 0.25) is 0 Å². The quantitative estimate of drug-likeness (QED) is 0.787. The third-order valence-electron chi connectivity index (χ3n) is 3.92. The van der Waals surface area contributed by atoms with E-state index < -0.39 is 5.97 Å². The van der Waals surface area contributed by atoms with Crippen molar-refractivity contribution in [1.82, 2.24) is 9.55 Å². The van der Waals surface area contributed by atoms with Gasteiger partial charge >= 0.3 is 5.97 Å². The fraction of sp³-hybridized carbons (Fsp3) is 0.222. The van der Waals surface area contributed by atoms with Gasteiger partial charge in [0.15, 0.2) is 0 Å². The standard InChI is InChI=1S/C18H19N3O2/c1-13-19-16-10-15(8-9-17(16)21(13)12-18(22)23)20(2)11-14-6-4-3-5-7-14/h3-10H,11-12H2,1-2H3,(H,22,23). The van der Waals surface area contributed by atoms with Crippen LogP contribution >= 0.6 is 0 Å². The molecule has 2 aromatic carbocycles. The van der Waals surface area contributed by atoms with Crippen molar-refractivity contribution in [3.05, 3.63) is 59.9 Å². The van der Waals surface area contributed by atoms with E-state index in [2.05, 4.69) is 22.0 Å². The molecular formula is C18H19N3O2. The lowest BCUT2D eigenvalue weighted by atomic mass is 10.2. The molecule has 0 atom stereocenters. The second-order valence-corrected chi connectivity index (χ2v) is 5.65. The number of nitrogens with zero attached hydrogens (tertiary/aromatic N) is 3. The lowest BCUT2D eigenvalue weighted by Gasteiger charge is -2.19. The SMILES string of the molecule is Cc1nc2cc(N(C)Cc3ccccc3)ccc2n1CC(=O)O. The van der Waals surface area contributed by atoms with Gasteiger partial charge in [0.1, 0.15) is 12.4 Å². The molecule has 1 N–H and O–H groups in total. The molecule has 0 spiro atoms. The van der Waals surface area contributed by atoms with E-state index >= 15 is 0 Å². The number of hydrogen-bond donors (Lipinski definition) is 1. The summed E-state index contributed by atoms with van der Waals surface area (Å²) in [6.07, 6.45) is 0. The predicted molar refractivity (Wildman–Crippen MR) is 90.7 cm³/mol. The third kappa shape index (κ3) is 3.18. The average Bonchev–Trinajstić information content (AvgIpc) is 2.83. The van der Waals surface area contributed by atoms with Gasteiger partial charge in [0, 0.05) is 19.3 Å². The van der Waals surface area contributed by atoms with E-state index in [0.717, 1.165) is 23.3 Å². The summed E-state index contributed by atoms with van der Waals surface area (Å²) >= 11 is 0. The lowest BCUT2D eigenvalue weighted by molar-refractivity contribution is -0.137. The zero-order valence-electron chi connectivity index (χ0n) is 13.2. The van der Waals surface area contributed by atoms with Gasteiger partial charge in [-0.15, -0.1) is 0 Å². The summed E-state index contributed by atoms with van der Waals surface area (Å²) in [4.78, 5) is 17.6. The Hall–Kier alpha value is -2.82. The van der Waals surface area contributed by atoms with Gasteiger partial charge in [-0.3, -0.25) is 4.79 Å². The highest BCUT2D eigenvalue weighted by atomic mass is 16.4. The van der Waals surface area contributed by atoms with E-state index in [4.69, 9.17) is 5.11 Å². The van der Waals surface area contributed by atoms with Crippen molar-refractivity contribution in [2.75, 3.05) is 11.9 Å². The average molecular weight is 309 g/mol. The van der Waals surface area contributed by atoms with Gasteiger partial charge in [-0.2, -0.15) is 0 Å². The summed E-state index contributed by atoms with van der Waals surface area (Å²) in [7, 11) is 2.04. The molecule has 0 aliphatic rings. The molecule has 0 fully saturated rings. The molecule has 23 heavy (non-hydrogen) atoms. The second-order valence-electron chi connectivity index (χ2n) is 5.65. The third-order valence-corrected chi connectivity index (χ3v) is 3.92. The first-order valence-electron chi connectivity index (χ1n) is 7.48. The van der Waals surface area contributed by atoms with Crippen LogP contribution < -0.4 is 4.90 Å². The number of imidazole rings is 1. The molecule has 0 radical (unpaired) electrons. The Bertz CT molecular complexity index is 840. The van der Waals surface area contributed by atoms with E-state index in [9.17, 15) is 4.79 Å². The van der Waals surface area contributed by atoms with E-state index in [1.807, 2.05) is 50.4 Å². The van der Waals surface area contributed by atoms with Crippen LogP contribution in [0.3, 0.4) is 0 Å². The van der Waals surface area contributed by atoms with Crippen LogP contribution in [0.2, 0.25) is 0 Å². The maximum Gasteiger partial charge on any atom is 0.323 e. The normalized spacial score (nSPS) is 10.9. The van der Waals surface area contributed by atoms with E-state index in [1.165, 1.54) is 5.56 Å². The maximum atomic E-state index is 11.0. The first kappa shape index (κ1) is 15.1. The van der Waals surface area contributed by atoms with Crippen molar-refractivity contribution in [2.24, 2.45) is 0 Å². The molecular weight excluding hydrogens is 290 g/mol. The van der Waals surface area contributed by atoms with Crippen LogP contribution in [-0.4, -0.2) is 27.7 Å². The minimum absolute atomic E-state index is 0.0679. The van der Waals surface area contributed by atoms with E-state index in [-0.39, 0.29) is 6.54 Å². The minimum Gasteiger partial charge on any atom is -0.480 e. The summed E-state index contributed by atoms with van der Waals surface area (Å²) < 4.78 is 1.72. The molecule has 0 saturated carbocycles. The Morgan fingerprint density at radius 1 is 1.22 bits per heavy atom. The zero-order valence-corrected chi connectivity index (χ0v) is 13.2. The molecule has 118 valence electrons. The van der Waals surface area contributed by atoms with Crippen molar-refractivity contribution in [3.8, 4) is 0 Å². The number of carbonyl (C=O) groups is 1. The summed E-state index contributed by atoms with van der Waals surface area (Å²) in [5.41, 5.74) is 3.96. The summed E-state index contributed by atoms with van der Waals surface area (Å²) in [5.74, 6) is -0.150. The first-order chi connectivity index (χ1) is 11.0. The maximum absolute atomic E-state index is 11.0. The Morgan fingerprint density at radius 3 is 2.65 bits per heavy atom. The van der Waals surface area contributed by atoms with Gasteiger partial charge in [0.25, 0.3) is 0 Å². The highest BCUT2D eigenvalue weighted by Crippen LogP contribution is 2.23. The molecule has 0 aliphatic heterocycles. The number of carboxylic acid groups (broad SMARTS) is 1. The smallest absolute Gasteiger partial charge is 0.323 e. The molecule has 1 aromatic heterocycles. The summed E-state index contributed by atoms with van der Waals surface area (Å²) in [6.45, 7) is 2.57. The van der Waals surface area contributed by atoms with Gasteiger partial charge in [-0.1, -0.05) is 30.3 Å². The number of anilines is 1. The molecule has 0 aliphatic carbocycles. The second kappa shape index (κ2) is 6.12. The number of fused-ring (bicyclic) bond motifs is 1. The molecule has 5 nitrogen and oxygen atoms in total. The Labute approximate surface area is 134 Å². The number of rotatable bonds is 5. The Balaban J connectivity index is 1.89. The molecule has 0 saturated heterocycles. The van der Waals surface area contributed by atoms with Crippen LogP contribution in [0.15, 0.2) is 48.5 Å². The Kier molecular flexibility index (Phi) is 4.02. The van der Waals surface area contributed by atoms with Crippen LogP contribution in [0.5, 0.6) is 0 Å². The fourth-order valence-electron chi connectivity index (χ4n) is 2.76. The summed E-state index contributed by atoms with van der Waals surface area (Å²) in [6, 6.07) is 16.2. The van der Waals surface area contributed by atoms with Gasteiger partial charge in [0.05, 0.1) is 11.0 Å². The van der Waals surface area contributed by atoms with Crippen molar-refractivity contribution in [3.63, 3.8) is 0 Å². The molecule has 0 bridgehead atoms. The van der Waals surface area contributed by atoms with Crippen LogP contribution in [0.1, 0.15) is 11.4 Å². The minimum atomic E-state index is -0.863. The van der Waals surface area contributed by atoms with Gasteiger partial charge in [-0.25, -0.2) is 4.98 Å². The molecule has 5 heteroatoms. The van der Waals surface area contributed by atoms with Crippen LogP contribution in [0.4, 0.5) is 5.69 Å². The van der Waals surface area contributed by atoms with Crippen molar-refractivity contribution >= 4 is 22.7 Å². The van der Waals surface area contributed by atoms with E-state index in [1.54, 1.807) is 4.57 Å². The highest BCUT2D eigenvalue weighted by Gasteiger charge is 2.12. The molecule has 3 rings (SSSR count). The first-order valence-corrected chi connectivity index (χ1v) is 7.48. The summed E-state index contributed by atoms with van der Waals surface area (Å²) in [5, 5.41) is 9.02. The van der Waals surface area contributed by atoms with Crippen LogP contribution in [0, 0.1) is 6.92 Å². The number of aryl methyl sites for hydroxylation is 1. The lowest BCUT2D eigenvalue weighted by Crippen LogP contribution is -2.16. The molecule has 1 heterocycles. The number of carboxylic acids is 1. The number of hydrogen-bond acceptors (Lipinski definition) is 3. The van der Waals surface area contributed by atoms with Crippen molar-refractivity contribution < 1.29 is 9.90 Å². The van der Waals surface area contributed by atoms with Crippen molar-refractivity contribution in [2.45, 2.75) is 20.0 Å². The Morgan fingerprint density at radius 2 is 1.96 bits per heavy atom. The zero-order chi connectivity index (χ0) is 16.4. The number of aliphatic carboxylic acids is 1. The highest BCUT2D eigenvalue weighted by molar-refractivity contribution is 5.82. The number of aromatic nitrogens is 2. The molecule has 0 unspecified atom stereocenters. The van der Waals surface area contributed by atoms with Crippen molar-refractivity contribution in [1.29, 1.82) is 0 Å². The van der Waals surface area contributed by atoms with E-state index in [0.29, 0.717) is 5.82 Å². The van der Waals surface area contributed by atoms with Gasteiger partial charge < -0.3 is 14.6 Å².